The third-order valence-electron chi connectivity index (χ3n) is 3.74. The molecule has 0 spiro atoms. The highest BCUT2D eigenvalue weighted by Gasteiger charge is 2.83. The lowest BCUT2D eigenvalue weighted by Crippen LogP contribution is -2.46. The molecule has 3 aliphatic rings. The van der Waals surface area contributed by atoms with Crippen molar-refractivity contribution < 1.29 is 13.1 Å². The second-order valence-electron chi connectivity index (χ2n) is 4.53. The predicted octanol–water partition coefficient (Wildman–Crippen LogP) is 3.48. The quantitative estimate of drug-likeness (QED) is 0.578. The summed E-state index contributed by atoms with van der Waals surface area (Å²) in [5.74, 6) is -0.711. The van der Waals surface area contributed by atoms with Gasteiger partial charge in [-0.15, -0.1) is 23.2 Å². The molecule has 2 fully saturated rings. The molecule has 0 aromatic rings. The van der Waals surface area contributed by atoms with Crippen molar-refractivity contribution in [3.05, 3.63) is 10.1 Å². The van der Waals surface area contributed by atoms with Crippen LogP contribution in [0.2, 0.25) is 0 Å². The molecule has 0 N–H and O–H groups in total. The summed E-state index contributed by atoms with van der Waals surface area (Å²) in [5.41, 5.74) is 0. The number of hydrogen-bond donors (Lipinski definition) is 0. The summed E-state index contributed by atoms with van der Waals surface area (Å²) < 4.78 is 20.4. The van der Waals surface area contributed by atoms with Gasteiger partial charge in [-0.25, -0.2) is 4.21 Å². The van der Waals surface area contributed by atoms with Gasteiger partial charge < -0.3 is 4.74 Å². The van der Waals surface area contributed by atoms with Crippen LogP contribution in [-0.4, -0.2) is 36.9 Å². The molecule has 0 aromatic carbocycles. The van der Waals surface area contributed by atoms with E-state index >= 15 is 0 Å². The second-order valence-corrected chi connectivity index (χ2v) is 8.88. The van der Waals surface area contributed by atoms with Gasteiger partial charge in [-0.05, 0) is 0 Å². The Morgan fingerprint density at radius 1 is 1.11 bits per heavy atom. The third kappa shape index (κ3) is 1.59. The Morgan fingerprint density at radius 2 is 1.68 bits per heavy atom. The molecule has 3 rings (SSSR count). The summed E-state index contributed by atoms with van der Waals surface area (Å²) in [6.45, 7) is 0.0107. The van der Waals surface area contributed by atoms with Crippen LogP contribution >= 0.6 is 69.6 Å². The number of rotatable bonds is 0. The van der Waals surface area contributed by atoms with E-state index in [-0.39, 0.29) is 22.6 Å². The summed E-state index contributed by atoms with van der Waals surface area (Å²) in [5, 5.41) is 0.140. The molecule has 19 heavy (non-hydrogen) atoms. The van der Waals surface area contributed by atoms with Crippen molar-refractivity contribution in [2.24, 2.45) is 5.92 Å². The van der Waals surface area contributed by atoms with Gasteiger partial charge in [0.25, 0.3) is 0 Å². The van der Waals surface area contributed by atoms with E-state index in [0.29, 0.717) is 0 Å². The fourth-order valence-electron chi connectivity index (χ4n) is 2.79. The summed E-state index contributed by atoms with van der Waals surface area (Å²) >= 11 is 36.5. The summed E-state index contributed by atoms with van der Waals surface area (Å²) in [4.78, 5) is -2.92. The van der Waals surface area contributed by atoms with Gasteiger partial charge in [0.05, 0.1) is 22.8 Å². The maximum Gasteiger partial charge on any atom is 0.182 e. The molecule has 10 heteroatoms. The van der Waals surface area contributed by atoms with E-state index in [1.54, 1.807) is 0 Å². The molecule has 1 heterocycles. The highest BCUT2D eigenvalue weighted by molar-refractivity contribution is 7.80. The fourth-order valence-corrected chi connectivity index (χ4v) is 6.33. The van der Waals surface area contributed by atoms with Gasteiger partial charge in [-0.3, -0.25) is 4.18 Å². The minimum atomic E-state index is -1.66. The molecule has 0 aromatic heterocycles. The highest BCUT2D eigenvalue weighted by Crippen LogP contribution is 2.74. The van der Waals surface area contributed by atoms with E-state index in [9.17, 15) is 4.21 Å². The molecule has 0 radical (unpaired) electrons. The number of ether oxygens (including phenoxy) is 1. The molecule has 3 nitrogen and oxygen atoms in total. The monoisotopic (exact) mass is 404 g/mol. The number of allylic oxidation sites excluding steroid dienone is 1. The molecule has 0 amide bonds. The Balaban J connectivity index is 2.19. The minimum absolute atomic E-state index is 0.0107. The average Bonchev–Trinajstić information content (AvgIpc) is 2.54. The Labute approximate surface area is 142 Å². The summed E-state index contributed by atoms with van der Waals surface area (Å²) in [6.07, 6.45) is -0.733. The molecule has 1 aliphatic heterocycles. The smallest absolute Gasteiger partial charge is 0.182 e. The zero-order chi connectivity index (χ0) is 14.2. The van der Waals surface area contributed by atoms with Crippen LogP contribution in [0.3, 0.4) is 0 Å². The normalized spacial score (nSPS) is 52.2. The number of hydrogen-bond acceptors (Lipinski definition) is 3. The van der Waals surface area contributed by atoms with Crippen LogP contribution in [0.1, 0.15) is 0 Å². The summed E-state index contributed by atoms with van der Waals surface area (Å²) in [6, 6.07) is 0. The van der Waals surface area contributed by atoms with E-state index in [1.807, 2.05) is 0 Å². The molecular weight excluding hydrogens is 401 g/mol. The molecule has 5 atom stereocenters. The van der Waals surface area contributed by atoms with Crippen LogP contribution in [0, 0.1) is 5.92 Å². The Hall–Kier alpha value is 1.55. The van der Waals surface area contributed by atoms with Gasteiger partial charge in [0, 0.05) is 5.92 Å². The topological polar surface area (TPSA) is 35.5 Å². The lowest BCUT2D eigenvalue weighted by molar-refractivity contribution is 0.0391. The van der Waals surface area contributed by atoms with Crippen molar-refractivity contribution in [2.75, 3.05) is 12.5 Å². The molecule has 5 unspecified atom stereocenters. The van der Waals surface area contributed by atoms with Gasteiger partial charge in [-0.1, -0.05) is 46.4 Å². The van der Waals surface area contributed by atoms with E-state index < -0.39 is 37.2 Å². The van der Waals surface area contributed by atoms with E-state index in [2.05, 4.69) is 0 Å². The van der Waals surface area contributed by atoms with E-state index in [1.165, 1.54) is 0 Å². The van der Waals surface area contributed by atoms with Crippen molar-refractivity contribution in [3.8, 4) is 0 Å². The van der Waals surface area contributed by atoms with Gasteiger partial charge in [0.1, 0.15) is 15.7 Å². The molecule has 108 valence electrons. The van der Waals surface area contributed by atoms with Crippen LogP contribution in [0.25, 0.3) is 0 Å². The van der Waals surface area contributed by atoms with Crippen LogP contribution in [0.5, 0.6) is 0 Å². The first kappa shape index (κ1) is 15.4. The Morgan fingerprint density at radius 3 is 2.32 bits per heavy atom. The molecule has 1 saturated heterocycles. The van der Waals surface area contributed by atoms with Crippen LogP contribution < -0.4 is 0 Å². The van der Waals surface area contributed by atoms with Gasteiger partial charge >= 0.3 is 0 Å². The minimum Gasteiger partial charge on any atom is -0.360 e. The molecule has 2 bridgehead atoms. The van der Waals surface area contributed by atoms with Crippen LogP contribution in [-0.2, 0) is 20.0 Å². The lowest BCUT2D eigenvalue weighted by atomic mass is 9.90. The van der Waals surface area contributed by atoms with E-state index in [4.69, 9.17) is 78.5 Å². The first-order chi connectivity index (χ1) is 8.69. The Bertz CT molecular complexity index is 470. The standard InChI is InChI=1S/C9H6Cl6O3S/c10-4-5(11)8(13)6-3(1-18-19(16)2-17-6)7(4,12)9(8,14)15/h3,6H,1-2H2. The van der Waals surface area contributed by atoms with Crippen molar-refractivity contribution >= 4 is 80.7 Å². The number of fused-ring (bicyclic) bond motifs is 5. The zero-order valence-electron chi connectivity index (χ0n) is 8.97. The van der Waals surface area contributed by atoms with Crippen molar-refractivity contribution in [2.45, 2.75) is 20.2 Å². The van der Waals surface area contributed by atoms with Crippen LogP contribution in [0.15, 0.2) is 10.1 Å². The fraction of sp³-hybridized carbons (Fsp3) is 0.778. The van der Waals surface area contributed by atoms with Gasteiger partial charge in [0.15, 0.2) is 15.4 Å². The third-order valence-corrected chi connectivity index (χ3v) is 8.75. The molecule has 1 saturated carbocycles. The maximum atomic E-state index is 11.4. The first-order valence-electron chi connectivity index (χ1n) is 5.14. The van der Waals surface area contributed by atoms with E-state index in [0.717, 1.165) is 0 Å². The SMILES string of the molecule is O=S1COC2C(CO1)C1(Cl)C(Cl)=C(Cl)C2(Cl)C1(Cl)Cl. The number of alkyl halides is 4. The molecule has 2 aliphatic carbocycles. The largest absolute Gasteiger partial charge is 0.360 e. The first-order valence-corrected chi connectivity index (χ1v) is 8.65. The maximum absolute atomic E-state index is 11.4. The van der Waals surface area contributed by atoms with Crippen molar-refractivity contribution in [3.63, 3.8) is 0 Å². The highest BCUT2D eigenvalue weighted by atomic mass is 35.5. The van der Waals surface area contributed by atoms with Crippen LogP contribution in [0.4, 0.5) is 0 Å². The van der Waals surface area contributed by atoms with Gasteiger partial charge in [0.2, 0.25) is 0 Å². The lowest BCUT2D eigenvalue weighted by Gasteiger charge is -2.33. The average molecular weight is 407 g/mol. The van der Waals surface area contributed by atoms with Crippen molar-refractivity contribution in [1.29, 1.82) is 0 Å². The van der Waals surface area contributed by atoms with Crippen molar-refractivity contribution in [1.82, 2.24) is 0 Å². The zero-order valence-corrected chi connectivity index (χ0v) is 14.3. The second kappa shape index (κ2) is 4.53. The van der Waals surface area contributed by atoms with Gasteiger partial charge in [-0.2, -0.15) is 0 Å². The Kier molecular flexibility index (Phi) is 3.68. The number of halogens is 6. The predicted molar refractivity (Wildman–Crippen MR) is 77.7 cm³/mol. The molecular formula is C9H6Cl6O3S. The summed E-state index contributed by atoms with van der Waals surface area (Å²) in [7, 11) is 0.